The van der Waals surface area contributed by atoms with Gasteiger partial charge in [-0.05, 0) is 50.4 Å². The van der Waals surface area contributed by atoms with Crippen LogP contribution in [0.15, 0.2) is 35.2 Å². The van der Waals surface area contributed by atoms with Gasteiger partial charge in [0.2, 0.25) is 0 Å². The molecule has 3 nitrogen and oxygen atoms in total. The lowest BCUT2D eigenvalue weighted by Crippen LogP contribution is -2.22. The van der Waals surface area contributed by atoms with Crippen molar-refractivity contribution in [1.29, 1.82) is 0 Å². The Bertz CT molecular complexity index is 410. The second-order valence-electron chi connectivity index (χ2n) is 5.43. The van der Waals surface area contributed by atoms with Crippen molar-refractivity contribution in [3.8, 4) is 0 Å². The number of likely N-dealkylation sites (tertiary alicyclic amines) is 1. The largest absolute Gasteiger partial charge is 0.481 e. The first-order valence-corrected chi connectivity index (χ1v) is 8.34. The van der Waals surface area contributed by atoms with E-state index in [1.807, 2.05) is 11.8 Å². The van der Waals surface area contributed by atoms with E-state index in [2.05, 4.69) is 35.2 Å². The lowest BCUT2D eigenvalue weighted by Gasteiger charge is -2.15. The first-order chi connectivity index (χ1) is 9.74. The van der Waals surface area contributed by atoms with Crippen molar-refractivity contribution in [2.75, 3.05) is 25.4 Å². The summed E-state index contributed by atoms with van der Waals surface area (Å²) in [5, 5.41) is 8.61. The molecule has 2 rings (SSSR count). The maximum Gasteiger partial charge on any atom is 0.303 e. The number of nitrogens with zero attached hydrogens (tertiary/aromatic N) is 1. The van der Waals surface area contributed by atoms with Crippen molar-refractivity contribution in [2.45, 2.75) is 30.6 Å². The van der Waals surface area contributed by atoms with Crippen LogP contribution in [0.25, 0.3) is 0 Å². The number of hydrogen-bond acceptors (Lipinski definition) is 3. The summed E-state index contributed by atoms with van der Waals surface area (Å²) in [6, 6.07) is 10.6. The summed E-state index contributed by atoms with van der Waals surface area (Å²) in [6.45, 7) is 3.40. The van der Waals surface area contributed by atoms with Crippen LogP contribution in [0.4, 0.5) is 0 Å². The van der Waals surface area contributed by atoms with Crippen LogP contribution in [0.5, 0.6) is 0 Å². The van der Waals surface area contributed by atoms with Gasteiger partial charge in [-0.3, -0.25) is 4.79 Å². The van der Waals surface area contributed by atoms with Gasteiger partial charge >= 0.3 is 5.97 Å². The van der Waals surface area contributed by atoms with E-state index in [0.717, 1.165) is 25.3 Å². The van der Waals surface area contributed by atoms with E-state index < -0.39 is 5.97 Å². The fourth-order valence-electron chi connectivity index (χ4n) is 2.59. The summed E-state index contributed by atoms with van der Waals surface area (Å²) < 4.78 is 0. The normalized spacial score (nSPS) is 19.3. The maximum absolute atomic E-state index is 10.5. The number of carboxylic acid groups (broad SMARTS) is 1. The summed E-state index contributed by atoms with van der Waals surface area (Å²) in [6.07, 6.45) is 3.39. The molecule has 1 aliphatic heterocycles. The fourth-order valence-corrected chi connectivity index (χ4v) is 3.64. The Hall–Kier alpha value is -1.00. The smallest absolute Gasteiger partial charge is 0.303 e. The molecular formula is C16H23NO2S. The highest BCUT2D eigenvalue weighted by molar-refractivity contribution is 7.99. The Balaban J connectivity index is 1.59. The molecule has 1 unspecified atom stereocenters. The summed E-state index contributed by atoms with van der Waals surface area (Å²) in [5.41, 5.74) is 0. The van der Waals surface area contributed by atoms with Gasteiger partial charge in [-0.15, -0.1) is 11.8 Å². The van der Waals surface area contributed by atoms with Crippen molar-refractivity contribution in [1.82, 2.24) is 4.90 Å². The van der Waals surface area contributed by atoms with Gasteiger partial charge in [0.15, 0.2) is 0 Å². The van der Waals surface area contributed by atoms with Crippen LogP contribution in [-0.2, 0) is 4.79 Å². The highest BCUT2D eigenvalue weighted by Crippen LogP contribution is 2.25. The molecule has 0 spiro atoms. The molecule has 1 aromatic rings. The molecule has 0 bridgehead atoms. The highest BCUT2D eigenvalue weighted by atomic mass is 32.2. The molecule has 0 aromatic heterocycles. The molecule has 1 aromatic carbocycles. The van der Waals surface area contributed by atoms with Gasteiger partial charge in [-0.25, -0.2) is 0 Å². The van der Waals surface area contributed by atoms with Crippen molar-refractivity contribution in [3.63, 3.8) is 0 Å². The molecule has 1 fully saturated rings. The van der Waals surface area contributed by atoms with E-state index >= 15 is 0 Å². The molecular weight excluding hydrogens is 270 g/mol. The van der Waals surface area contributed by atoms with Gasteiger partial charge in [-0.2, -0.15) is 0 Å². The Labute approximate surface area is 125 Å². The van der Waals surface area contributed by atoms with E-state index in [1.165, 1.54) is 30.2 Å². The Morgan fingerprint density at radius 3 is 2.85 bits per heavy atom. The second-order valence-corrected chi connectivity index (χ2v) is 6.52. The van der Waals surface area contributed by atoms with E-state index in [-0.39, 0.29) is 0 Å². The minimum Gasteiger partial charge on any atom is -0.481 e. The Kier molecular flexibility index (Phi) is 6.40. The van der Waals surface area contributed by atoms with Crippen molar-refractivity contribution in [2.24, 2.45) is 5.92 Å². The maximum atomic E-state index is 10.5. The SMILES string of the molecule is O=C(O)CCCCN1CCC(CSc2ccccc2)C1. The lowest BCUT2D eigenvalue weighted by molar-refractivity contribution is -0.137. The van der Waals surface area contributed by atoms with Crippen LogP contribution in [0.2, 0.25) is 0 Å². The van der Waals surface area contributed by atoms with Crippen LogP contribution >= 0.6 is 11.8 Å². The summed E-state index contributed by atoms with van der Waals surface area (Å²) in [4.78, 5) is 14.3. The van der Waals surface area contributed by atoms with Crippen molar-refractivity contribution in [3.05, 3.63) is 30.3 Å². The zero-order valence-corrected chi connectivity index (χ0v) is 12.6. The third-order valence-corrected chi connectivity index (χ3v) is 4.96. The van der Waals surface area contributed by atoms with Crippen LogP contribution in [0, 0.1) is 5.92 Å². The van der Waals surface area contributed by atoms with Gasteiger partial charge in [0.1, 0.15) is 0 Å². The molecule has 4 heteroatoms. The number of rotatable bonds is 8. The highest BCUT2D eigenvalue weighted by Gasteiger charge is 2.21. The molecule has 20 heavy (non-hydrogen) atoms. The van der Waals surface area contributed by atoms with Gasteiger partial charge in [0.05, 0.1) is 0 Å². The number of unbranched alkanes of at least 4 members (excludes halogenated alkanes) is 1. The lowest BCUT2D eigenvalue weighted by atomic mass is 10.2. The third-order valence-electron chi connectivity index (χ3n) is 3.71. The van der Waals surface area contributed by atoms with E-state index in [0.29, 0.717) is 6.42 Å². The van der Waals surface area contributed by atoms with Gasteiger partial charge in [0, 0.05) is 23.6 Å². The zero-order valence-electron chi connectivity index (χ0n) is 11.8. The fraction of sp³-hybridized carbons (Fsp3) is 0.562. The summed E-state index contributed by atoms with van der Waals surface area (Å²) >= 11 is 1.95. The molecule has 0 amide bonds. The number of benzene rings is 1. The first-order valence-electron chi connectivity index (χ1n) is 7.36. The first kappa shape index (κ1) is 15.4. The second kappa shape index (κ2) is 8.32. The van der Waals surface area contributed by atoms with Crippen molar-refractivity contribution >= 4 is 17.7 Å². The van der Waals surface area contributed by atoms with Crippen LogP contribution in [0.1, 0.15) is 25.7 Å². The molecule has 1 aliphatic rings. The topological polar surface area (TPSA) is 40.5 Å². The number of carboxylic acids is 1. The number of hydrogen-bond donors (Lipinski definition) is 1. The molecule has 0 aliphatic carbocycles. The third kappa shape index (κ3) is 5.55. The van der Waals surface area contributed by atoms with E-state index in [4.69, 9.17) is 5.11 Å². The Morgan fingerprint density at radius 1 is 1.30 bits per heavy atom. The summed E-state index contributed by atoms with van der Waals surface area (Å²) in [5.74, 6) is 1.29. The van der Waals surface area contributed by atoms with Gasteiger partial charge in [0.25, 0.3) is 0 Å². The van der Waals surface area contributed by atoms with Gasteiger partial charge < -0.3 is 10.0 Å². The van der Waals surface area contributed by atoms with E-state index in [1.54, 1.807) is 0 Å². The minimum absolute atomic E-state index is 0.307. The average molecular weight is 293 g/mol. The number of thioether (sulfide) groups is 1. The molecule has 0 saturated carbocycles. The molecule has 110 valence electrons. The quantitative estimate of drug-likeness (QED) is 0.589. The standard InChI is InChI=1S/C16H23NO2S/c18-16(19)8-4-5-10-17-11-9-14(12-17)13-20-15-6-2-1-3-7-15/h1-3,6-7,14H,4-5,8-13H2,(H,18,19). The monoisotopic (exact) mass is 293 g/mol. The molecule has 1 saturated heterocycles. The van der Waals surface area contributed by atoms with E-state index in [9.17, 15) is 4.79 Å². The van der Waals surface area contributed by atoms with Gasteiger partial charge in [-0.1, -0.05) is 18.2 Å². The predicted octanol–water partition coefficient (Wildman–Crippen LogP) is 3.36. The molecule has 1 heterocycles. The van der Waals surface area contributed by atoms with Crippen LogP contribution in [-0.4, -0.2) is 41.4 Å². The van der Waals surface area contributed by atoms with Crippen LogP contribution in [0.3, 0.4) is 0 Å². The number of carbonyl (C=O) groups is 1. The predicted molar refractivity (Wildman–Crippen MR) is 83.2 cm³/mol. The molecule has 1 N–H and O–H groups in total. The molecule has 1 atom stereocenters. The summed E-state index contributed by atoms with van der Waals surface area (Å²) in [7, 11) is 0. The van der Waals surface area contributed by atoms with Crippen molar-refractivity contribution < 1.29 is 9.90 Å². The Morgan fingerprint density at radius 2 is 2.10 bits per heavy atom. The number of aliphatic carboxylic acids is 1. The van der Waals surface area contributed by atoms with Crippen LogP contribution < -0.4 is 0 Å². The minimum atomic E-state index is -0.677. The molecule has 0 radical (unpaired) electrons. The zero-order chi connectivity index (χ0) is 14.2. The average Bonchev–Trinajstić information content (AvgIpc) is 2.90.